The molecule has 0 fully saturated rings. The molecular weight excluding hydrogens is 485 g/mol. The molecule has 178 valence electrons. The fraction of sp³-hybridized carbons (Fsp3) is 0.632. The molecule has 0 spiro atoms. The van der Waals surface area contributed by atoms with Gasteiger partial charge < -0.3 is 25.3 Å². The maximum atomic E-state index is 11.9. The van der Waals surface area contributed by atoms with E-state index < -0.39 is 24.3 Å². The lowest BCUT2D eigenvalue weighted by molar-refractivity contribution is 0.143. The number of alkyl halides is 3. The SMILES string of the molecule is CC(C)(C)[Si](C)(C)OCC(CNC(=O)OCC(Cl)(Cl)Cl)Cc1cccnc1.NC(=O)O. The number of halogens is 3. The van der Waals surface area contributed by atoms with Crippen LogP contribution in [0, 0.1) is 5.92 Å². The normalized spacial score (nSPS) is 12.9. The molecule has 0 aliphatic carbocycles. The van der Waals surface area contributed by atoms with Gasteiger partial charge in [-0.05, 0) is 36.2 Å². The second kappa shape index (κ2) is 13.3. The highest BCUT2D eigenvalue weighted by molar-refractivity contribution is 6.74. The van der Waals surface area contributed by atoms with Gasteiger partial charge in [0.05, 0.1) is 0 Å². The number of carbonyl (C=O) groups is 2. The molecule has 2 amide bonds. The van der Waals surface area contributed by atoms with Crippen molar-refractivity contribution in [3.05, 3.63) is 30.1 Å². The number of primary amides is 1. The van der Waals surface area contributed by atoms with Crippen molar-refractivity contribution >= 4 is 55.3 Å². The molecule has 0 saturated heterocycles. The lowest BCUT2D eigenvalue weighted by Crippen LogP contribution is -2.43. The molecule has 0 aromatic carbocycles. The first kappa shape index (κ1) is 29.7. The highest BCUT2D eigenvalue weighted by Gasteiger charge is 2.37. The smallest absolute Gasteiger partial charge is 0.407 e. The number of rotatable bonds is 8. The van der Waals surface area contributed by atoms with E-state index in [1.807, 2.05) is 18.3 Å². The average Bonchev–Trinajstić information content (AvgIpc) is 2.61. The predicted octanol–water partition coefficient (Wildman–Crippen LogP) is 4.98. The molecule has 1 aromatic rings. The molecule has 1 aromatic heterocycles. The summed E-state index contributed by atoms with van der Waals surface area (Å²) in [6.45, 7) is 11.6. The number of hydrogen-bond donors (Lipinski definition) is 3. The number of ether oxygens (including phenoxy) is 1. The van der Waals surface area contributed by atoms with Gasteiger partial charge in [-0.3, -0.25) is 4.98 Å². The number of nitrogens with two attached hydrogens (primary N) is 1. The van der Waals surface area contributed by atoms with Crippen LogP contribution in [0.15, 0.2) is 24.5 Å². The summed E-state index contributed by atoms with van der Waals surface area (Å²) < 4.78 is 9.63. The molecule has 1 unspecified atom stereocenters. The van der Waals surface area contributed by atoms with Gasteiger partial charge in [0.25, 0.3) is 0 Å². The van der Waals surface area contributed by atoms with E-state index in [0.717, 1.165) is 12.0 Å². The molecular formula is C19H32Cl3N3O5Si. The maximum Gasteiger partial charge on any atom is 0.407 e. The van der Waals surface area contributed by atoms with Crippen molar-refractivity contribution in [2.45, 2.75) is 49.1 Å². The van der Waals surface area contributed by atoms with Crippen LogP contribution in [0.1, 0.15) is 26.3 Å². The zero-order valence-corrected chi connectivity index (χ0v) is 21.7. The predicted molar refractivity (Wildman–Crippen MR) is 126 cm³/mol. The Morgan fingerprint density at radius 1 is 1.29 bits per heavy atom. The van der Waals surface area contributed by atoms with Gasteiger partial charge in [-0.2, -0.15) is 0 Å². The summed E-state index contributed by atoms with van der Waals surface area (Å²) in [6, 6.07) is 3.90. The molecule has 0 radical (unpaired) electrons. The summed E-state index contributed by atoms with van der Waals surface area (Å²) in [7, 11) is -1.89. The van der Waals surface area contributed by atoms with E-state index in [2.05, 4.69) is 49.9 Å². The van der Waals surface area contributed by atoms with Gasteiger partial charge in [0.2, 0.25) is 3.79 Å². The monoisotopic (exact) mass is 515 g/mol. The molecule has 12 heteroatoms. The molecule has 0 bridgehead atoms. The number of carbonyl (C=O) groups excluding carboxylic acids is 1. The fourth-order valence-corrected chi connectivity index (χ4v) is 3.26. The highest BCUT2D eigenvalue weighted by Crippen LogP contribution is 2.36. The van der Waals surface area contributed by atoms with Crippen LogP contribution in [0.3, 0.4) is 0 Å². The van der Waals surface area contributed by atoms with Crippen LogP contribution < -0.4 is 11.1 Å². The fourth-order valence-electron chi connectivity index (χ4n) is 2.01. The third kappa shape index (κ3) is 15.2. The van der Waals surface area contributed by atoms with Gasteiger partial charge in [0.1, 0.15) is 6.61 Å². The van der Waals surface area contributed by atoms with Crippen LogP contribution in [-0.4, -0.2) is 54.1 Å². The Morgan fingerprint density at radius 3 is 2.32 bits per heavy atom. The Balaban J connectivity index is 0.00000206. The van der Waals surface area contributed by atoms with Crippen molar-refractivity contribution in [3.8, 4) is 0 Å². The Labute approximate surface area is 199 Å². The third-order valence-electron chi connectivity index (χ3n) is 4.64. The number of nitrogens with zero attached hydrogens (tertiary/aromatic N) is 1. The van der Waals surface area contributed by atoms with E-state index in [4.69, 9.17) is 53.9 Å². The molecule has 0 aliphatic heterocycles. The highest BCUT2D eigenvalue weighted by atomic mass is 35.6. The zero-order valence-electron chi connectivity index (χ0n) is 18.5. The summed E-state index contributed by atoms with van der Waals surface area (Å²) in [4.78, 5) is 24.8. The second-order valence-electron chi connectivity index (χ2n) is 8.41. The van der Waals surface area contributed by atoms with E-state index in [0.29, 0.717) is 13.2 Å². The lowest BCUT2D eigenvalue weighted by Gasteiger charge is -2.37. The largest absolute Gasteiger partial charge is 0.465 e. The topological polar surface area (TPSA) is 124 Å². The first-order valence-electron chi connectivity index (χ1n) is 9.52. The van der Waals surface area contributed by atoms with E-state index >= 15 is 0 Å². The van der Waals surface area contributed by atoms with Crippen molar-refractivity contribution in [2.24, 2.45) is 11.7 Å². The van der Waals surface area contributed by atoms with Crippen molar-refractivity contribution in [2.75, 3.05) is 19.8 Å². The Morgan fingerprint density at radius 2 is 1.87 bits per heavy atom. The van der Waals surface area contributed by atoms with Gasteiger partial charge in [-0.1, -0.05) is 61.6 Å². The minimum absolute atomic E-state index is 0.0728. The van der Waals surface area contributed by atoms with Crippen LogP contribution in [0.25, 0.3) is 0 Å². The van der Waals surface area contributed by atoms with Crippen LogP contribution >= 0.6 is 34.8 Å². The summed E-state index contributed by atoms with van der Waals surface area (Å²) in [6.07, 6.45) is 2.33. The second-order valence-corrected chi connectivity index (χ2v) is 15.7. The van der Waals surface area contributed by atoms with Gasteiger partial charge in [-0.25, -0.2) is 9.59 Å². The van der Waals surface area contributed by atoms with Crippen molar-refractivity contribution in [1.82, 2.24) is 10.3 Å². The summed E-state index contributed by atoms with van der Waals surface area (Å²) in [5, 5.41) is 10.0. The molecule has 4 N–H and O–H groups in total. The zero-order chi connectivity index (χ0) is 24.3. The Bertz CT molecular complexity index is 679. The molecule has 31 heavy (non-hydrogen) atoms. The van der Waals surface area contributed by atoms with Crippen LogP contribution in [-0.2, 0) is 15.6 Å². The van der Waals surface area contributed by atoms with Crippen molar-refractivity contribution in [1.29, 1.82) is 0 Å². The van der Waals surface area contributed by atoms with Gasteiger partial charge in [-0.15, -0.1) is 0 Å². The number of aromatic nitrogens is 1. The van der Waals surface area contributed by atoms with E-state index in [-0.39, 0.29) is 17.6 Å². The molecule has 8 nitrogen and oxygen atoms in total. The van der Waals surface area contributed by atoms with E-state index in [1.165, 1.54) is 0 Å². The molecule has 1 heterocycles. The van der Waals surface area contributed by atoms with Crippen LogP contribution in [0.5, 0.6) is 0 Å². The summed E-state index contributed by atoms with van der Waals surface area (Å²) in [5.74, 6) is 0.0728. The van der Waals surface area contributed by atoms with Crippen molar-refractivity contribution < 1.29 is 23.9 Å². The summed E-state index contributed by atoms with van der Waals surface area (Å²) >= 11 is 16.8. The van der Waals surface area contributed by atoms with E-state index in [1.54, 1.807) is 6.20 Å². The molecule has 0 aliphatic rings. The molecule has 1 rings (SSSR count). The number of pyridine rings is 1. The minimum atomic E-state index is -1.89. The summed E-state index contributed by atoms with van der Waals surface area (Å²) in [5.41, 5.74) is 5.11. The first-order valence-corrected chi connectivity index (χ1v) is 13.6. The number of nitrogens with one attached hydrogen (secondary N) is 1. The number of carboxylic acid groups (broad SMARTS) is 1. The van der Waals surface area contributed by atoms with Gasteiger partial charge in [0.15, 0.2) is 8.32 Å². The van der Waals surface area contributed by atoms with Crippen LogP contribution in [0.2, 0.25) is 18.1 Å². The number of hydrogen-bond acceptors (Lipinski definition) is 5. The maximum absolute atomic E-state index is 11.9. The standard InChI is InChI=1S/C18H29Cl3N2O3Si.CH3NO2/c1-17(2,3)27(4,5)26-12-15(9-14-7-6-8-22-10-14)11-23-16(24)25-13-18(19,20)21;2-1(3)4/h6-8,10,15H,9,11-13H2,1-5H3,(H,23,24);2H2,(H,3,4). The van der Waals surface area contributed by atoms with Crippen molar-refractivity contribution in [3.63, 3.8) is 0 Å². The van der Waals surface area contributed by atoms with Crippen LogP contribution in [0.4, 0.5) is 9.59 Å². The Kier molecular flexibility index (Phi) is 12.8. The quantitative estimate of drug-likeness (QED) is 0.330. The number of alkyl carbamates (subject to hydrolysis) is 1. The number of amides is 2. The Hall–Kier alpha value is -1.26. The average molecular weight is 517 g/mol. The third-order valence-corrected chi connectivity index (χ3v) is 9.46. The molecule has 1 atom stereocenters. The lowest BCUT2D eigenvalue weighted by atomic mass is 10.0. The van der Waals surface area contributed by atoms with Gasteiger partial charge in [0, 0.05) is 31.5 Å². The van der Waals surface area contributed by atoms with Gasteiger partial charge >= 0.3 is 12.2 Å². The first-order chi connectivity index (χ1) is 14.0. The minimum Gasteiger partial charge on any atom is -0.465 e. The van der Waals surface area contributed by atoms with E-state index in [9.17, 15) is 4.79 Å². The molecule has 0 saturated carbocycles.